The van der Waals surface area contributed by atoms with E-state index in [9.17, 15) is 4.57 Å². The van der Waals surface area contributed by atoms with E-state index in [4.69, 9.17) is 26.1 Å². The lowest BCUT2D eigenvalue weighted by Crippen LogP contribution is -2.01. The first-order valence-corrected chi connectivity index (χ1v) is 12.4. The van der Waals surface area contributed by atoms with E-state index in [0.717, 1.165) is 34.2 Å². The van der Waals surface area contributed by atoms with E-state index >= 15 is 0 Å². The fourth-order valence-electron chi connectivity index (χ4n) is 3.48. The Labute approximate surface area is 188 Å². The Morgan fingerprint density at radius 3 is 1.90 bits per heavy atom. The molecule has 0 aliphatic rings. The van der Waals surface area contributed by atoms with Crippen molar-refractivity contribution in [3.63, 3.8) is 0 Å². The maximum Gasteiger partial charge on any atom is 0.350 e. The van der Waals surface area contributed by atoms with Gasteiger partial charge in [-0.05, 0) is 46.2 Å². The van der Waals surface area contributed by atoms with Crippen molar-refractivity contribution in [2.75, 3.05) is 18.8 Å². The van der Waals surface area contributed by atoms with E-state index in [1.54, 1.807) is 0 Å². The second-order valence-electron chi connectivity index (χ2n) is 7.17. The van der Waals surface area contributed by atoms with Gasteiger partial charge in [0.1, 0.15) is 6.35 Å². The third-order valence-corrected chi connectivity index (χ3v) is 5.58. The normalized spacial score (nSPS) is 12.5. The minimum Gasteiger partial charge on any atom is -0.368 e. The molecule has 2 N–H and O–H groups in total. The molecule has 0 fully saturated rings. The second-order valence-corrected chi connectivity index (χ2v) is 9.14. The molecule has 0 saturated heterocycles. The molecule has 6 heteroatoms. The molecule has 0 aliphatic carbocycles. The molecule has 0 bridgehead atoms. The maximum atomic E-state index is 10.9. The maximum absolute atomic E-state index is 10.9. The summed E-state index contributed by atoms with van der Waals surface area (Å²) in [7, 11) is -4.13. The van der Waals surface area contributed by atoms with E-state index in [2.05, 4.69) is 36.4 Å². The van der Waals surface area contributed by atoms with Gasteiger partial charge in [0.25, 0.3) is 0 Å². The summed E-state index contributed by atoms with van der Waals surface area (Å²) >= 11 is 6.19. The highest BCUT2D eigenvalue weighted by atomic mass is 35.5. The molecule has 0 aromatic heterocycles. The Kier molecular flexibility index (Phi) is 8.65. The molecule has 0 heterocycles. The smallest absolute Gasteiger partial charge is 0.350 e. The summed E-state index contributed by atoms with van der Waals surface area (Å²) in [6.45, 7) is 0.257. The van der Waals surface area contributed by atoms with Crippen LogP contribution in [0.1, 0.15) is 28.7 Å². The monoisotopic (exact) mass is 456 g/mol. The highest BCUT2D eigenvalue weighted by molar-refractivity contribution is 7.51. The topological polar surface area (TPSA) is 66.8 Å². The minimum atomic E-state index is -4.13. The Hall–Kier alpha value is -2.20. The Morgan fingerprint density at radius 2 is 1.35 bits per heavy atom. The van der Waals surface area contributed by atoms with Gasteiger partial charge in [0.05, 0.1) is 6.61 Å². The lowest BCUT2D eigenvalue weighted by atomic mass is 9.88. The first kappa shape index (κ1) is 23.5. The third kappa shape index (κ3) is 7.17. The van der Waals surface area contributed by atoms with Crippen molar-refractivity contribution in [2.24, 2.45) is 0 Å². The molecule has 0 radical (unpaired) electrons. The Balaban J connectivity index is 1.93. The molecular weight excluding hydrogens is 431 g/mol. The summed E-state index contributed by atoms with van der Waals surface area (Å²) in [6, 6.07) is 28.8. The molecule has 0 unspecified atom stereocenters. The number of allylic oxidation sites excluding steroid dienone is 1. The minimum absolute atomic E-state index is 0.257. The predicted molar refractivity (Wildman–Crippen MR) is 127 cm³/mol. The van der Waals surface area contributed by atoms with Gasteiger partial charge in [-0.3, -0.25) is 4.57 Å². The van der Waals surface area contributed by atoms with E-state index < -0.39 is 13.9 Å². The van der Waals surface area contributed by atoms with Crippen LogP contribution < -0.4 is 0 Å². The van der Waals surface area contributed by atoms with Gasteiger partial charge in [0.2, 0.25) is 0 Å². The lowest BCUT2D eigenvalue weighted by Gasteiger charge is -2.17. The molecule has 3 aromatic carbocycles. The number of alkyl halides is 1. The van der Waals surface area contributed by atoms with Gasteiger partial charge < -0.3 is 14.5 Å². The first-order chi connectivity index (χ1) is 15.0. The molecule has 3 rings (SSSR count). The molecule has 0 amide bonds. The average Bonchev–Trinajstić information content (AvgIpc) is 2.78. The van der Waals surface area contributed by atoms with Crippen molar-refractivity contribution in [3.8, 4) is 0 Å². The summed E-state index contributed by atoms with van der Waals surface area (Å²) in [6.07, 6.45) is 0.774. The molecule has 3 aromatic rings. The summed E-state index contributed by atoms with van der Waals surface area (Å²) in [5, 5.41) is 0. The third-order valence-electron chi connectivity index (χ3n) is 4.87. The van der Waals surface area contributed by atoms with Crippen LogP contribution in [0.4, 0.5) is 0 Å². The summed E-state index contributed by atoms with van der Waals surface area (Å²) in [4.78, 5) is 17.8. The average molecular weight is 457 g/mol. The van der Waals surface area contributed by atoms with Crippen molar-refractivity contribution in [3.05, 3.63) is 107 Å². The van der Waals surface area contributed by atoms with Gasteiger partial charge >= 0.3 is 7.60 Å². The van der Waals surface area contributed by atoms with Gasteiger partial charge in [-0.1, -0.05) is 84.9 Å². The fraction of sp³-hybridized carbons (Fsp3) is 0.200. The van der Waals surface area contributed by atoms with Crippen molar-refractivity contribution >= 4 is 30.3 Å². The standard InChI is InChI=1S/C25H26ClO4P/c26-17-15-24(21-7-3-1-4-8-21)25(22-9-5-2-6-10-22)23-13-11-20(12-14-23)16-18-30-19-31(27,28)29/h1-14H,15-19H2,(H2,27,28,29)/b25-24-. The van der Waals surface area contributed by atoms with Crippen LogP contribution in [0.25, 0.3) is 11.1 Å². The van der Waals surface area contributed by atoms with Crippen LogP contribution in [-0.2, 0) is 15.7 Å². The zero-order valence-electron chi connectivity index (χ0n) is 17.2. The Morgan fingerprint density at radius 1 is 0.806 bits per heavy atom. The largest absolute Gasteiger partial charge is 0.368 e. The SMILES string of the molecule is O=P(O)(O)COCCc1ccc(/C(=C(/CCCl)c2ccccc2)c2ccccc2)cc1. The fourth-order valence-corrected chi connectivity index (χ4v) is 4.03. The van der Waals surface area contributed by atoms with Gasteiger partial charge in [-0.25, -0.2) is 0 Å². The van der Waals surface area contributed by atoms with E-state index in [0.29, 0.717) is 12.3 Å². The molecule has 162 valence electrons. The van der Waals surface area contributed by atoms with E-state index in [1.807, 2.05) is 48.5 Å². The molecular formula is C25H26ClO4P. The van der Waals surface area contributed by atoms with E-state index in [-0.39, 0.29) is 6.61 Å². The molecule has 0 atom stereocenters. The number of halogens is 1. The van der Waals surface area contributed by atoms with Crippen molar-refractivity contribution in [1.29, 1.82) is 0 Å². The Bertz CT molecular complexity index is 1030. The van der Waals surface area contributed by atoms with Crippen LogP contribution in [0, 0.1) is 0 Å². The highest BCUT2D eigenvalue weighted by Crippen LogP contribution is 2.35. The highest BCUT2D eigenvalue weighted by Gasteiger charge is 2.14. The van der Waals surface area contributed by atoms with Gasteiger partial charge in [0, 0.05) is 5.88 Å². The number of benzene rings is 3. The quantitative estimate of drug-likeness (QED) is 0.171. The second kappa shape index (κ2) is 11.4. The number of rotatable bonds is 10. The predicted octanol–water partition coefficient (Wildman–Crippen LogP) is 5.97. The number of hydrogen-bond acceptors (Lipinski definition) is 2. The lowest BCUT2D eigenvalue weighted by molar-refractivity contribution is 0.160. The van der Waals surface area contributed by atoms with Crippen molar-refractivity contribution in [1.82, 2.24) is 0 Å². The van der Waals surface area contributed by atoms with Gasteiger partial charge in [-0.2, -0.15) is 0 Å². The van der Waals surface area contributed by atoms with Gasteiger partial charge in [0.15, 0.2) is 0 Å². The van der Waals surface area contributed by atoms with Crippen LogP contribution >= 0.6 is 19.2 Å². The molecule has 31 heavy (non-hydrogen) atoms. The number of ether oxygens (including phenoxy) is 1. The summed E-state index contributed by atoms with van der Waals surface area (Å²) in [5.74, 6) is 0.523. The molecule has 4 nitrogen and oxygen atoms in total. The summed E-state index contributed by atoms with van der Waals surface area (Å²) in [5.41, 5.74) is 6.76. The number of hydrogen-bond donors (Lipinski definition) is 2. The summed E-state index contributed by atoms with van der Waals surface area (Å²) < 4.78 is 16.0. The zero-order chi connectivity index (χ0) is 22.1. The van der Waals surface area contributed by atoms with Gasteiger partial charge in [-0.15, -0.1) is 11.6 Å². The molecule has 0 saturated carbocycles. The molecule has 0 spiro atoms. The van der Waals surface area contributed by atoms with E-state index in [1.165, 1.54) is 5.57 Å². The van der Waals surface area contributed by atoms with Crippen LogP contribution in [0.15, 0.2) is 84.9 Å². The molecule has 0 aliphatic heterocycles. The van der Waals surface area contributed by atoms with Crippen LogP contribution in [0.2, 0.25) is 0 Å². The first-order valence-electron chi connectivity index (χ1n) is 10.1. The zero-order valence-corrected chi connectivity index (χ0v) is 18.8. The van der Waals surface area contributed by atoms with Crippen molar-refractivity contribution in [2.45, 2.75) is 12.8 Å². The van der Waals surface area contributed by atoms with Crippen LogP contribution in [-0.4, -0.2) is 28.6 Å². The van der Waals surface area contributed by atoms with Crippen molar-refractivity contribution < 1.29 is 19.1 Å². The van der Waals surface area contributed by atoms with Crippen LogP contribution in [0.5, 0.6) is 0 Å². The van der Waals surface area contributed by atoms with Crippen LogP contribution in [0.3, 0.4) is 0 Å².